The van der Waals surface area contributed by atoms with Gasteiger partial charge < -0.3 is 9.94 Å². The molecule has 0 aromatic rings. The van der Waals surface area contributed by atoms with E-state index in [0.717, 1.165) is 44.2 Å². The molecule has 0 bridgehead atoms. The zero-order valence-corrected chi connectivity index (χ0v) is 23.4. The summed E-state index contributed by atoms with van der Waals surface area (Å²) in [5.74, 6) is 2.62. The summed E-state index contributed by atoms with van der Waals surface area (Å²) in [4.78, 5) is 13.4. The standard InChI is InChI=1S/C31H49NO3/c1-19(2)20-11-16-31(26(33)35-8)18-17-29(6)21(25(20)31)9-10-23-28(5)14-13-24(32-34)27(3,4)22(28)12-15-30(23,29)7/h20-23,25,34H,1,9-18H2,2-8H3/b32-24+/t20-,21?,22?,23?,25?,28-,29+,30+,31?/m0/s1. The second kappa shape index (κ2) is 7.84. The van der Waals surface area contributed by atoms with E-state index < -0.39 is 0 Å². The highest BCUT2D eigenvalue weighted by molar-refractivity contribution is 5.90. The molecular formula is C31H49NO3. The minimum absolute atomic E-state index is 0.0427. The average molecular weight is 484 g/mol. The van der Waals surface area contributed by atoms with E-state index in [1.54, 1.807) is 7.11 Å². The highest BCUT2D eigenvalue weighted by Crippen LogP contribution is 2.77. The molecule has 0 aromatic carbocycles. The van der Waals surface area contributed by atoms with Crippen LogP contribution in [0.2, 0.25) is 0 Å². The number of fused-ring (bicyclic) bond motifs is 7. The topological polar surface area (TPSA) is 58.9 Å². The first-order valence-corrected chi connectivity index (χ1v) is 14.3. The van der Waals surface area contributed by atoms with Crippen molar-refractivity contribution in [2.24, 2.45) is 61.8 Å². The van der Waals surface area contributed by atoms with Crippen molar-refractivity contribution in [2.45, 2.75) is 106 Å². The Morgan fingerprint density at radius 2 is 1.66 bits per heavy atom. The highest BCUT2D eigenvalue weighted by Gasteiger charge is 2.72. The third-order valence-corrected chi connectivity index (χ3v) is 13.6. The molecule has 4 heteroatoms. The predicted octanol–water partition coefficient (Wildman–Crippen LogP) is 7.65. The zero-order valence-electron chi connectivity index (χ0n) is 23.4. The van der Waals surface area contributed by atoms with E-state index in [-0.39, 0.29) is 33.0 Å². The first-order valence-electron chi connectivity index (χ1n) is 14.3. The van der Waals surface area contributed by atoms with Gasteiger partial charge in [0.2, 0.25) is 0 Å². The third-order valence-electron chi connectivity index (χ3n) is 13.6. The smallest absolute Gasteiger partial charge is 0.312 e. The Morgan fingerprint density at radius 1 is 0.943 bits per heavy atom. The highest BCUT2D eigenvalue weighted by atomic mass is 16.5. The number of carbonyl (C=O) groups is 1. The Hall–Kier alpha value is -1.32. The van der Waals surface area contributed by atoms with E-state index in [2.05, 4.69) is 53.3 Å². The molecule has 5 rings (SSSR count). The van der Waals surface area contributed by atoms with E-state index in [1.807, 2.05) is 0 Å². The van der Waals surface area contributed by atoms with Crippen molar-refractivity contribution < 1.29 is 14.7 Å². The first kappa shape index (κ1) is 25.3. The average Bonchev–Trinajstić information content (AvgIpc) is 3.20. The minimum atomic E-state index is -0.313. The van der Waals surface area contributed by atoms with Crippen LogP contribution in [0.15, 0.2) is 17.3 Å². The molecular weight excluding hydrogens is 434 g/mol. The van der Waals surface area contributed by atoms with Crippen LogP contribution in [-0.2, 0) is 9.53 Å². The molecule has 4 nitrogen and oxygen atoms in total. The fraction of sp³-hybridized carbons (Fsp3) is 0.871. The lowest BCUT2D eigenvalue weighted by atomic mass is 9.32. The number of allylic oxidation sites excluding steroid dienone is 1. The summed E-state index contributed by atoms with van der Waals surface area (Å²) in [5.41, 5.74) is 2.64. The maximum absolute atomic E-state index is 13.4. The molecule has 0 amide bonds. The molecule has 5 aliphatic rings. The molecule has 0 spiro atoms. The molecule has 0 heterocycles. The Labute approximate surface area is 213 Å². The molecule has 1 N–H and O–H groups in total. The van der Waals surface area contributed by atoms with Crippen LogP contribution < -0.4 is 0 Å². The second-order valence-corrected chi connectivity index (χ2v) is 14.6. The number of nitrogens with zero attached hydrogens (tertiary/aromatic N) is 1. The SMILES string of the molecule is C=C(C)[C@@H]1CCC2(C(=O)OC)CC[C@]3(C)C(CCC4[C@@]5(C)CC/C(=N\O)C(C)(C)C5CC[C@]43C)C12. The van der Waals surface area contributed by atoms with Crippen molar-refractivity contribution in [1.82, 2.24) is 0 Å². The van der Waals surface area contributed by atoms with Crippen LogP contribution in [0, 0.1) is 56.7 Å². The number of carbonyl (C=O) groups excluding carboxylic acids is 1. The molecule has 0 saturated heterocycles. The predicted molar refractivity (Wildman–Crippen MR) is 140 cm³/mol. The summed E-state index contributed by atoms with van der Waals surface area (Å²) in [6.07, 6.45) is 11.1. The van der Waals surface area contributed by atoms with E-state index in [4.69, 9.17) is 4.74 Å². The van der Waals surface area contributed by atoms with Gasteiger partial charge in [-0.05, 0) is 117 Å². The van der Waals surface area contributed by atoms with Crippen molar-refractivity contribution in [3.05, 3.63) is 12.2 Å². The quantitative estimate of drug-likeness (QED) is 0.190. The maximum atomic E-state index is 13.4. The van der Waals surface area contributed by atoms with Crippen LogP contribution in [0.1, 0.15) is 106 Å². The molecule has 5 aliphatic carbocycles. The van der Waals surface area contributed by atoms with Gasteiger partial charge in [0.05, 0.1) is 18.2 Å². The fourth-order valence-corrected chi connectivity index (χ4v) is 11.7. The number of rotatable bonds is 2. The summed E-state index contributed by atoms with van der Waals surface area (Å²) in [6.45, 7) is 19.1. The number of oxime groups is 1. The lowest BCUT2D eigenvalue weighted by Crippen LogP contribution is -2.66. The van der Waals surface area contributed by atoms with Gasteiger partial charge in [0.15, 0.2) is 0 Å². The molecule has 5 fully saturated rings. The summed E-state index contributed by atoms with van der Waals surface area (Å²) >= 11 is 0. The minimum Gasteiger partial charge on any atom is -0.469 e. The van der Waals surface area contributed by atoms with Gasteiger partial charge in [-0.3, -0.25) is 4.79 Å². The number of ether oxygens (including phenoxy) is 1. The number of hydrogen-bond acceptors (Lipinski definition) is 4. The van der Waals surface area contributed by atoms with E-state index in [1.165, 1.54) is 31.3 Å². The van der Waals surface area contributed by atoms with Crippen molar-refractivity contribution in [1.29, 1.82) is 0 Å². The largest absolute Gasteiger partial charge is 0.469 e. The number of hydrogen-bond donors (Lipinski definition) is 1. The van der Waals surface area contributed by atoms with Crippen molar-refractivity contribution >= 4 is 11.7 Å². The van der Waals surface area contributed by atoms with Gasteiger partial charge in [0.25, 0.3) is 0 Å². The zero-order chi connectivity index (χ0) is 25.6. The van der Waals surface area contributed by atoms with Gasteiger partial charge in [0.1, 0.15) is 0 Å². The van der Waals surface area contributed by atoms with Crippen LogP contribution >= 0.6 is 0 Å². The van der Waals surface area contributed by atoms with Gasteiger partial charge in [-0.15, -0.1) is 0 Å². The van der Waals surface area contributed by atoms with Gasteiger partial charge in [0, 0.05) is 5.41 Å². The first-order chi connectivity index (χ1) is 16.3. The Kier molecular flexibility index (Phi) is 5.67. The Morgan fingerprint density at radius 3 is 2.29 bits per heavy atom. The normalized spacial score (nSPS) is 51.5. The van der Waals surface area contributed by atoms with E-state index in [9.17, 15) is 10.0 Å². The van der Waals surface area contributed by atoms with Gasteiger partial charge in [-0.25, -0.2) is 0 Å². The Balaban J connectivity index is 1.56. The van der Waals surface area contributed by atoms with Gasteiger partial charge >= 0.3 is 5.97 Å². The van der Waals surface area contributed by atoms with Crippen molar-refractivity contribution in [3.63, 3.8) is 0 Å². The van der Waals surface area contributed by atoms with Crippen LogP contribution in [0.3, 0.4) is 0 Å². The fourth-order valence-electron chi connectivity index (χ4n) is 11.7. The van der Waals surface area contributed by atoms with Crippen LogP contribution in [-0.4, -0.2) is 24.0 Å². The van der Waals surface area contributed by atoms with E-state index >= 15 is 0 Å². The van der Waals surface area contributed by atoms with Crippen molar-refractivity contribution in [3.8, 4) is 0 Å². The third kappa shape index (κ3) is 2.98. The van der Waals surface area contributed by atoms with Crippen molar-refractivity contribution in [2.75, 3.05) is 7.11 Å². The number of methoxy groups -OCH3 is 1. The van der Waals surface area contributed by atoms with E-state index in [0.29, 0.717) is 29.6 Å². The molecule has 35 heavy (non-hydrogen) atoms. The monoisotopic (exact) mass is 483 g/mol. The maximum Gasteiger partial charge on any atom is 0.312 e. The molecule has 9 atom stereocenters. The summed E-state index contributed by atoms with van der Waals surface area (Å²) < 4.78 is 5.50. The van der Waals surface area contributed by atoms with Crippen LogP contribution in [0.4, 0.5) is 0 Å². The Bertz CT molecular complexity index is 953. The summed E-state index contributed by atoms with van der Waals surface area (Å²) in [6, 6.07) is 0. The molecule has 0 aliphatic heterocycles. The molecule has 196 valence electrons. The summed E-state index contributed by atoms with van der Waals surface area (Å²) in [5, 5.41) is 13.5. The second-order valence-electron chi connectivity index (χ2n) is 14.6. The lowest BCUT2D eigenvalue weighted by molar-refractivity contribution is -0.230. The van der Waals surface area contributed by atoms with Crippen LogP contribution in [0.25, 0.3) is 0 Å². The molecule has 5 saturated carbocycles. The summed E-state index contributed by atoms with van der Waals surface area (Å²) in [7, 11) is 1.59. The molecule has 0 aromatic heterocycles. The molecule has 5 unspecified atom stereocenters. The van der Waals surface area contributed by atoms with Crippen LogP contribution in [0.5, 0.6) is 0 Å². The van der Waals surface area contributed by atoms with Gasteiger partial charge in [-0.2, -0.15) is 0 Å². The van der Waals surface area contributed by atoms with Gasteiger partial charge in [-0.1, -0.05) is 51.9 Å². The molecule has 0 radical (unpaired) electrons. The number of esters is 1. The lowest BCUT2D eigenvalue weighted by Gasteiger charge is -2.72.